The highest BCUT2D eigenvalue weighted by Crippen LogP contribution is 2.14. The molecule has 1 unspecified atom stereocenters. The molecule has 1 aromatic rings. The smallest absolute Gasteiger partial charge is 0.282 e. The first-order valence-electron chi connectivity index (χ1n) is 3.55. The van der Waals surface area contributed by atoms with E-state index in [0.717, 1.165) is 11.3 Å². The molecule has 5 nitrogen and oxygen atoms in total. The molecule has 13 heavy (non-hydrogen) atoms. The lowest BCUT2D eigenvalue weighted by Gasteiger charge is -2.03. The number of rotatable bonds is 3. The summed E-state index contributed by atoms with van der Waals surface area (Å²) in [5, 5.41) is 18.6. The number of aromatic nitrogens is 2. The van der Waals surface area contributed by atoms with Crippen molar-refractivity contribution in [2.45, 2.75) is 13.0 Å². The number of halogens is 1. The Kier molecular flexibility index (Phi) is 3.58. The van der Waals surface area contributed by atoms with Crippen molar-refractivity contribution in [2.75, 3.05) is 6.54 Å². The van der Waals surface area contributed by atoms with Crippen molar-refractivity contribution in [1.29, 1.82) is 0 Å². The molecule has 0 aliphatic rings. The van der Waals surface area contributed by atoms with Gasteiger partial charge in [-0.1, -0.05) is 11.3 Å². The lowest BCUT2D eigenvalue weighted by atomic mass is 10.4. The van der Waals surface area contributed by atoms with Gasteiger partial charge in [0.05, 0.1) is 6.10 Å². The summed E-state index contributed by atoms with van der Waals surface area (Å²) in [7, 11) is 0. The minimum absolute atomic E-state index is 0.191. The number of aliphatic hydroxyl groups excluding tert-OH is 1. The second-order valence-electron chi connectivity index (χ2n) is 2.42. The van der Waals surface area contributed by atoms with Crippen LogP contribution in [0.2, 0.25) is 4.47 Å². The van der Waals surface area contributed by atoms with Crippen LogP contribution in [0.25, 0.3) is 0 Å². The Hall–Kier alpha value is -0.720. The monoisotopic (exact) mass is 221 g/mol. The van der Waals surface area contributed by atoms with Crippen LogP contribution in [0.15, 0.2) is 0 Å². The van der Waals surface area contributed by atoms with E-state index in [1.807, 2.05) is 0 Å². The van der Waals surface area contributed by atoms with Gasteiger partial charge in [0.2, 0.25) is 9.47 Å². The van der Waals surface area contributed by atoms with Crippen LogP contribution in [-0.4, -0.2) is 33.9 Å². The lowest BCUT2D eigenvalue weighted by Crippen LogP contribution is -2.30. The van der Waals surface area contributed by atoms with E-state index in [1.54, 1.807) is 6.92 Å². The summed E-state index contributed by atoms with van der Waals surface area (Å²) in [4.78, 5) is 11.2. The van der Waals surface area contributed by atoms with Crippen molar-refractivity contribution >= 4 is 28.8 Å². The second-order valence-corrected chi connectivity index (χ2v) is 3.98. The zero-order valence-corrected chi connectivity index (χ0v) is 8.39. The second kappa shape index (κ2) is 4.50. The number of hydrogen-bond donors (Lipinski definition) is 2. The van der Waals surface area contributed by atoms with Gasteiger partial charge in [-0.15, -0.1) is 10.2 Å². The Morgan fingerprint density at radius 2 is 2.46 bits per heavy atom. The summed E-state index contributed by atoms with van der Waals surface area (Å²) >= 11 is 6.48. The zero-order valence-electron chi connectivity index (χ0n) is 6.82. The molecule has 1 atom stereocenters. The third-order valence-corrected chi connectivity index (χ3v) is 2.17. The van der Waals surface area contributed by atoms with E-state index < -0.39 is 6.10 Å². The summed E-state index contributed by atoms with van der Waals surface area (Å²) in [5.74, 6) is -0.370. The van der Waals surface area contributed by atoms with Crippen molar-refractivity contribution in [3.8, 4) is 0 Å². The van der Waals surface area contributed by atoms with E-state index >= 15 is 0 Å². The van der Waals surface area contributed by atoms with E-state index in [1.165, 1.54) is 0 Å². The molecule has 1 rings (SSSR count). The van der Waals surface area contributed by atoms with Crippen molar-refractivity contribution in [2.24, 2.45) is 0 Å². The molecule has 2 N–H and O–H groups in total. The summed E-state index contributed by atoms with van der Waals surface area (Å²) in [5.41, 5.74) is 0. The molecule has 0 aliphatic carbocycles. The van der Waals surface area contributed by atoms with Gasteiger partial charge in [0, 0.05) is 6.54 Å². The summed E-state index contributed by atoms with van der Waals surface area (Å²) in [6, 6.07) is 0. The van der Waals surface area contributed by atoms with Gasteiger partial charge >= 0.3 is 0 Å². The molecule has 0 bridgehead atoms. The first-order chi connectivity index (χ1) is 6.09. The first-order valence-corrected chi connectivity index (χ1v) is 4.74. The highest BCUT2D eigenvalue weighted by atomic mass is 35.5. The van der Waals surface area contributed by atoms with Crippen LogP contribution >= 0.6 is 22.9 Å². The van der Waals surface area contributed by atoms with Crippen molar-refractivity contribution in [3.63, 3.8) is 0 Å². The van der Waals surface area contributed by atoms with Crippen molar-refractivity contribution in [3.05, 3.63) is 9.47 Å². The Bertz CT molecular complexity index is 302. The van der Waals surface area contributed by atoms with E-state index in [4.69, 9.17) is 16.7 Å². The van der Waals surface area contributed by atoms with Crippen molar-refractivity contribution in [1.82, 2.24) is 15.5 Å². The van der Waals surface area contributed by atoms with Crippen LogP contribution in [0.4, 0.5) is 0 Å². The molecule has 7 heteroatoms. The number of nitrogens with one attached hydrogen (secondary N) is 1. The van der Waals surface area contributed by atoms with Crippen LogP contribution in [0.5, 0.6) is 0 Å². The van der Waals surface area contributed by atoms with E-state index in [0.29, 0.717) is 0 Å². The van der Waals surface area contributed by atoms with Crippen LogP contribution in [-0.2, 0) is 0 Å². The molecular formula is C6H8ClN3O2S. The maximum Gasteiger partial charge on any atom is 0.282 e. The number of carbonyl (C=O) groups is 1. The Morgan fingerprint density at radius 1 is 1.77 bits per heavy atom. The summed E-state index contributed by atoms with van der Waals surface area (Å²) in [6.07, 6.45) is -0.577. The van der Waals surface area contributed by atoms with Crippen LogP contribution in [0.3, 0.4) is 0 Å². The van der Waals surface area contributed by atoms with E-state index in [9.17, 15) is 4.79 Å². The van der Waals surface area contributed by atoms with Crippen LogP contribution in [0.1, 0.15) is 16.7 Å². The van der Waals surface area contributed by atoms with Crippen molar-refractivity contribution < 1.29 is 9.90 Å². The number of amides is 1. The molecule has 1 heterocycles. The molecular weight excluding hydrogens is 214 g/mol. The molecule has 72 valence electrons. The van der Waals surface area contributed by atoms with Gasteiger partial charge in [0.25, 0.3) is 5.91 Å². The fraction of sp³-hybridized carbons (Fsp3) is 0.500. The standard InChI is InChI=1S/C6H8ClN3O2S/c1-3(11)2-8-4(12)5-9-10-6(7)13-5/h3,11H,2H2,1H3,(H,8,12). The van der Waals surface area contributed by atoms with Gasteiger partial charge in [-0.25, -0.2) is 0 Å². The Labute approximate surface area is 83.7 Å². The van der Waals surface area contributed by atoms with Gasteiger partial charge in [-0.2, -0.15) is 0 Å². The minimum atomic E-state index is -0.577. The average molecular weight is 222 g/mol. The number of aliphatic hydroxyl groups is 1. The average Bonchev–Trinajstić information content (AvgIpc) is 2.47. The highest BCUT2D eigenvalue weighted by Gasteiger charge is 2.11. The van der Waals surface area contributed by atoms with Gasteiger partial charge in [-0.05, 0) is 18.5 Å². The van der Waals surface area contributed by atoms with Gasteiger partial charge in [0.1, 0.15) is 0 Å². The van der Waals surface area contributed by atoms with E-state index in [2.05, 4.69) is 15.5 Å². The van der Waals surface area contributed by atoms with Crippen LogP contribution in [0, 0.1) is 0 Å². The molecule has 0 saturated heterocycles. The van der Waals surface area contributed by atoms with E-state index in [-0.39, 0.29) is 21.9 Å². The predicted octanol–water partition coefficient (Wildman–Crippen LogP) is 0.302. The molecule has 0 radical (unpaired) electrons. The number of carbonyl (C=O) groups excluding carboxylic acids is 1. The number of nitrogens with zero attached hydrogens (tertiary/aromatic N) is 2. The third-order valence-electron chi connectivity index (χ3n) is 1.15. The van der Waals surface area contributed by atoms with Gasteiger partial charge in [0.15, 0.2) is 0 Å². The predicted molar refractivity (Wildman–Crippen MR) is 48.9 cm³/mol. The normalized spacial score (nSPS) is 12.5. The Balaban J connectivity index is 2.49. The Morgan fingerprint density at radius 3 is 2.92 bits per heavy atom. The molecule has 0 spiro atoms. The molecule has 1 aromatic heterocycles. The quantitative estimate of drug-likeness (QED) is 0.770. The number of hydrogen-bond acceptors (Lipinski definition) is 5. The largest absolute Gasteiger partial charge is 0.392 e. The fourth-order valence-electron chi connectivity index (χ4n) is 0.613. The lowest BCUT2D eigenvalue weighted by molar-refractivity contribution is 0.0923. The minimum Gasteiger partial charge on any atom is -0.392 e. The summed E-state index contributed by atoms with van der Waals surface area (Å²) in [6.45, 7) is 1.77. The third kappa shape index (κ3) is 3.25. The summed E-state index contributed by atoms with van der Waals surface area (Å²) < 4.78 is 0.224. The fourth-order valence-corrected chi connectivity index (χ4v) is 1.36. The SMILES string of the molecule is CC(O)CNC(=O)c1nnc(Cl)s1. The molecule has 0 aliphatic heterocycles. The molecule has 0 saturated carbocycles. The van der Waals surface area contributed by atoms with Gasteiger partial charge < -0.3 is 10.4 Å². The maximum atomic E-state index is 11.2. The first kappa shape index (κ1) is 10.4. The molecule has 0 fully saturated rings. The molecule has 0 aromatic carbocycles. The highest BCUT2D eigenvalue weighted by molar-refractivity contribution is 7.17. The molecule has 1 amide bonds. The maximum absolute atomic E-state index is 11.2. The zero-order chi connectivity index (χ0) is 9.84. The van der Waals surface area contributed by atoms with Gasteiger partial charge in [-0.3, -0.25) is 4.79 Å². The van der Waals surface area contributed by atoms with Crippen LogP contribution < -0.4 is 5.32 Å². The topological polar surface area (TPSA) is 75.1 Å².